The minimum absolute atomic E-state index is 0.0914. The fraction of sp³-hybridized carbons (Fsp3) is 0.917. The van der Waals surface area contributed by atoms with Crippen molar-refractivity contribution in [1.29, 1.82) is 0 Å². The average Bonchev–Trinajstić information content (AvgIpc) is 2.15. The molecule has 1 unspecified atom stereocenters. The van der Waals surface area contributed by atoms with Gasteiger partial charge in [0, 0.05) is 19.6 Å². The van der Waals surface area contributed by atoms with Crippen molar-refractivity contribution in [3.05, 3.63) is 0 Å². The summed E-state index contributed by atoms with van der Waals surface area (Å²) >= 11 is 0. The Hall–Kier alpha value is -0.570. The number of piperidine rings is 1. The maximum Gasteiger partial charge on any atom is 0.239 e. The van der Waals surface area contributed by atoms with Crippen molar-refractivity contribution in [3.8, 4) is 0 Å². The van der Waals surface area contributed by atoms with Crippen LogP contribution in [-0.2, 0) is 4.79 Å². The molecule has 1 atom stereocenters. The Morgan fingerprint density at radius 1 is 1.27 bits per heavy atom. The van der Waals surface area contributed by atoms with Crippen LogP contribution in [0.25, 0.3) is 0 Å². The van der Waals surface area contributed by atoms with Crippen molar-refractivity contribution in [2.24, 2.45) is 0 Å². The summed E-state index contributed by atoms with van der Waals surface area (Å²) in [5.74, 6) is 0.254. The van der Waals surface area contributed by atoms with Crippen LogP contribution in [0.1, 0.15) is 40.0 Å². The Bertz CT molecular complexity index is 230. The number of likely N-dealkylation sites (N-methyl/N-ethyl adjacent to an activating group) is 1. The van der Waals surface area contributed by atoms with Crippen molar-refractivity contribution >= 4 is 5.91 Å². The molecule has 0 radical (unpaired) electrons. The molecule has 1 saturated heterocycles. The first kappa shape index (κ1) is 12.5. The van der Waals surface area contributed by atoms with Crippen molar-refractivity contribution in [2.45, 2.75) is 51.6 Å². The van der Waals surface area contributed by atoms with Gasteiger partial charge in [0.2, 0.25) is 5.91 Å². The van der Waals surface area contributed by atoms with E-state index in [9.17, 15) is 4.79 Å². The van der Waals surface area contributed by atoms with Crippen LogP contribution in [0.4, 0.5) is 0 Å². The first-order chi connectivity index (χ1) is 6.84. The number of carbonyl (C=O) groups excluding carboxylic acids is 1. The van der Waals surface area contributed by atoms with Crippen LogP contribution in [0.3, 0.4) is 0 Å². The van der Waals surface area contributed by atoms with Gasteiger partial charge >= 0.3 is 0 Å². The van der Waals surface area contributed by atoms with Gasteiger partial charge < -0.3 is 4.90 Å². The van der Waals surface area contributed by atoms with Gasteiger partial charge in [0.15, 0.2) is 0 Å². The van der Waals surface area contributed by atoms with E-state index < -0.39 is 0 Å². The van der Waals surface area contributed by atoms with E-state index in [2.05, 4.69) is 25.7 Å². The van der Waals surface area contributed by atoms with E-state index in [-0.39, 0.29) is 17.5 Å². The Kier molecular flexibility index (Phi) is 3.77. The van der Waals surface area contributed by atoms with Crippen LogP contribution in [-0.4, -0.2) is 47.9 Å². The second kappa shape index (κ2) is 4.52. The van der Waals surface area contributed by atoms with Gasteiger partial charge in [-0.2, -0.15) is 0 Å². The lowest BCUT2D eigenvalue weighted by Crippen LogP contribution is -2.56. The number of nitrogens with zero attached hydrogens (tertiary/aromatic N) is 2. The maximum atomic E-state index is 12.0. The second-order valence-electron chi connectivity index (χ2n) is 5.61. The highest BCUT2D eigenvalue weighted by atomic mass is 16.2. The van der Waals surface area contributed by atoms with E-state index in [1.54, 1.807) is 4.90 Å². The summed E-state index contributed by atoms with van der Waals surface area (Å²) < 4.78 is 0. The van der Waals surface area contributed by atoms with E-state index in [0.717, 1.165) is 13.0 Å². The first-order valence-corrected chi connectivity index (χ1v) is 5.82. The molecule has 0 spiro atoms. The Labute approximate surface area is 93.4 Å². The van der Waals surface area contributed by atoms with Crippen molar-refractivity contribution < 1.29 is 4.79 Å². The van der Waals surface area contributed by atoms with Crippen LogP contribution in [0, 0.1) is 0 Å². The summed E-state index contributed by atoms with van der Waals surface area (Å²) in [6, 6.07) is 0.0914. The molecule has 1 amide bonds. The molecule has 3 nitrogen and oxygen atoms in total. The number of likely N-dealkylation sites (tertiary alicyclic amines) is 1. The predicted octanol–water partition coefficient (Wildman–Crippen LogP) is 1.73. The van der Waals surface area contributed by atoms with Crippen molar-refractivity contribution in [3.63, 3.8) is 0 Å². The third kappa shape index (κ3) is 2.94. The first-order valence-electron chi connectivity index (χ1n) is 5.82. The molecule has 0 bridgehead atoms. The molecule has 1 aliphatic heterocycles. The van der Waals surface area contributed by atoms with Crippen molar-refractivity contribution in [2.75, 3.05) is 20.6 Å². The standard InChI is InChI=1S/C12H24N2O/c1-12(2,3)14-9-7-6-8-10(14)11(15)13(4)5/h10H,6-9H2,1-5H3. The minimum Gasteiger partial charge on any atom is -0.347 e. The summed E-state index contributed by atoms with van der Waals surface area (Å²) in [6.45, 7) is 7.62. The molecule has 0 aromatic rings. The number of amides is 1. The lowest BCUT2D eigenvalue weighted by molar-refractivity contribution is -0.138. The fourth-order valence-electron chi connectivity index (χ4n) is 2.29. The molecule has 0 aromatic carbocycles. The SMILES string of the molecule is CN(C)C(=O)C1CCCCN1C(C)(C)C. The molecule has 1 fully saturated rings. The van der Waals surface area contributed by atoms with E-state index >= 15 is 0 Å². The summed E-state index contributed by atoms with van der Waals surface area (Å²) in [4.78, 5) is 16.1. The lowest BCUT2D eigenvalue weighted by atomic mass is 9.94. The van der Waals surface area contributed by atoms with E-state index in [1.165, 1.54) is 12.8 Å². The van der Waals surface area contributed by atoms with Crippen LogP contribution < -0.4 is 0 Å². The molecule has 1 heterocycles. The highest BCUT2D eigenvalue weighted by Crippen LogP contribution is 2.26. The predicted molar refractivity (Wildman–Crippen MR) is 62.8 cm³/mol. The Morgan fingerprint density at radius 3 is 2.33 bits per heavy atom. The van der Waals surface area contributed by atoms with Gasteiger partial charge in [-0.3, -0.25) is 9.69 Å². The fourth-order valence-corrected chi connectivity index (χ4v) is 2.29. The normalized spacial score (nSPS) is 23.9. The third-order valence-electron chi connectivity index (χ3n) is 3.09. The molecule has 0 aromatic heterocycles. The van der Waals surface area contributed by atoms with Gasteiger partial charge in [0.25, 0.3) is 0 Å². The van der Waals surface area contributed by atoms with E-state index in [4.69, 9.17) is 0 Å². The van der Waals surface area contributed by atoms with Crippen molar-refractivity contribution in [1.82, 2.24) is 9.80 Å². The monoisotopic (exact) mass is 212 g/mol. The molecule has 1 aliphatic rings. The van der Waals surface area contributed by atoms with Gasteiger partial charge in [0.05, 0.1) is 6.04 Å². The Balaban J connectivity index is 2.79. The molecule has 0 aliphatic carbocycles. The summed E-state index contributed by atoms with van der Waals surface area (Å²) in [7, 11) is 3.69. The molecule has 1 rings (SSSR count). The summed E-state index contributed by atoms with van der Waals surface area (Å²) in [5, 5.41) is 0. The molecule has 15 heavy (non-hydrogen) atoms. The van der Waals surface area contributed by atoms with Gasteiger partial charge in [-0.1, -0.05) is 6.42 Å². The van der Waals surface area contributed by atoms with Gasteiger partial charge in [-0.05, 0) is 40.2 Å². The molecule has 88 valence electrons. The highest BCUT2D eigenvalue weighted by molar-refractivity contribution is 5.81. The maximum absolute atomic E-state index is 12.0. The van der Waals surface area contributed by atoms with Gasteiger partial charge in [-0.15, -0.1) is 0 Å². The quantitative estimate of drug-likeness (QED) is 0.661. The highest BCUT2D eigenvalue weighted by Gasteiger charge is 2.35. The van der Waals surface area contributed by atoms with Crippen LogP contribution in [0.15, 0.2) is 0 Å². The molecule has 0 N–H and O–H groups in total. The third-order valence-corrected chi connectivity index (χ3v) is 3.09. The molecule has 3 heteroatoms. The van der Waals surface area contributed by atoms with Crippen LogP contribution in [0.5, 0.6) is 0 Å². The Morgan fingerprint density at radius 2 is 1.87 bits per heavy atom. The topological polar surface area (TPSA) is 23.6 Å². The number of hydrogen-bond acceptors (Lipinski definition) is 2. The van der Waals surface area contributed by atoms with Crippen LogP contribution in [0.2, 0.25) is 0 Å². The number of carbonyl (C=O) groups is 1. The van der Waals surface area contributed by atoms with E-state index in [1.807, 2.05) is 14.1 Å². The minimum atomic E-state index is 0.0914. The van der Waals surface area contributed by atoms with Crippen LogP contribution >= 0.6 is 0 Å². The second-order valence-corrected chi connectivity index (χ2v) is 5.61. The zero-order valence-electron chi connectivity index (χ0n) is 10.7. The zero-order valence-corrected chi connectivity index (χ0v) is 10.7. The van der Waals surface area contributed by atoms with E-state index in [0.29, 0.717) is 0 Å². The molecule has 0 saturated carbocycles. The summed E-state index contributed by atoms with van der Waals surface area (Å²) in [5.41, 5.74) is 0.0940. The smallest absolute Gasteiger partial charge is 0.239 e. The molecular formula is C12H24N2O. The number of rotatable bonds is 1. The zero-order chi connectivity index (χ0) is 11.6. The average molecular weight is 212 g/mol. The number of hydrogen-bond donors (Lipinski definition) is 0. The lowest BCUT2D eigenvalue weighted by Gasteiger charge is -2.44. The van der Waals surface area contributed by atoms with Gasteiger partial charge in [-0.25, -0.2) is 0 Å². The summed E-state index contributed by atoms with van der Waals surface area (Å²) in [6.07, 6.45) is 3.40. The largest absolute Gasteiger partial charge is 0.347 e. The molecular weight excluding hydrogens is 188 g/mol. The van der Waals surface area contributed by atoms with Gasteiger partial charge in [0.1, 0.15) is 0 Å².